The fraction of sp³-hybridized carbons (Fsp3) is 0.455. The molecule has 0 spiro atoms. The van der Waals surface area contributed by atoms with Crippen molar-refractivity contribution in [2.75, 3.05) is 0 Å². The van der Waals surface area contributed by atoms with Gasteiger partial charge in [-0.15, -0.1) is 13.2 Å². The normalized spacial score (nSPS) is 27.4. The van der Waals surface area contributed by atoms with Crippen molar-refractivity contribution in [3.05, 3.63) is 48.2 Å². The van der Waals surface area contributed by atoms with Gasteiger partial charge >= 0.3 is 6.36 Å². The number of hydrogen-bond donors (Lipinski definition) is 1. The van der Waals surface area contributed by atoms with Gasteiger partial charge in [-0.25, -0.2) is 0 Å². The SMILES string of the molecule is CC1C(=O)C2CCCCC2NC1c1ccc(-c2ccc(OC(F)(F)F)cc2)nc1. The molecule has 7 heteroatoms. The summed E-state index contributed by atoms with van der Waals surface area (Å²) in [5.74, 6) is 0.0851. The Morgan fingerprint density at radius 2 is 1.79 bits per heavy atom. The molecule has 1 saturated heterocycles. The molecule has 1 aliphatic carbocycles. The van der Waals surface area contributed by atoms with Crippen LogP contribution in [0.3, 0.4) is 0 Å². The predicted octanol–water partition coefficient (Wildman–Crippen LogP) is 5.06. The van der Waals surface area contributed by atoms with Crippen LogP contribution in [0.15, 0.2) is 42.6 Å². The van der Waals surface area contributed by atoms with E-state index in [0.717, 1.165) is 31.2 Å². The fourth-order valence-corrected chi connectivity index (χ4v) is 4.52. The maximum atomic E-state index is 12.8. The lowest BCUT2D eigenvalue weighted by molar-refractivity contribution is -0.274. The predicted molar refractivity (Wildman–Crippen MR) is 102 cm³/mol. The minimum atomic E-state index is -4.71. The zero-order valence-corrected chi connectivity index (χ0v) is 16.1. The summed E-state index contributed by atoms with van der Waals surface area (Å²) in [6, 6.07) is 9.56. The molecule has 1 aromatic heterocycles. The third-order valence-electron chi connectivity index (χ3n) is 6.00. The summed E-state index contributed by atoms with van der Waals surface area (Å²) in [4.78, 5) is 17.3. The van der Waals surface area contributed by atoms with E-state index in [-0.39, 0.29) is 29.7 Å². The lowest BCUT2D eigenvalue weighted by Crippen LogP contribution is -2.53. The summed E-state index contributed by atoms with van der Waals surface area (Å²) < 4.78 is 40.7. The van der Waals surface area contributed by atoms with Gasteiger partial charge in [-0.3, -0.25) is 9.78 Å². The average molecular weight is 404 g/mol. The Morgan fingerprint density at radius 1 is 1.07 bits per heavy atom. The van der Waals surface area contributed by atoms with Gasteiger partial charge in [0.25, 0.3) is 0 Å². The van der Waals surface area contributed by atoms with Crippen molar-refractivity contribution in [2.45, 2.75) is 51.1 Å². The Morgan fingerprint density at radius 3 is 2.45 bits per heavy atom. The molecule has 0 radical (unpaired) electrons. The molecule has 0 amide bonds. The zero-order chi connectivity index (χ0) is 20.6. The number of halogens is 3. The topological polar surface area (TPSA) is 51.2 Å². The van der Waals surface area contributed by atoms with Crippen LogP contribution in [-0.4, -0.2) is 23.2 Å². The van der Waals surface area contributed by atoms with Crippen LogP contribution >= 0.6 is 0 Å². The molecule has 1 N–H and O–H groups in total. The van der Waals surface area contributed by atoms with Gasteiger partial charge in [0.05, 0.1) is 5.69 Å². The monoisotopic (exact) mass is 404 g/mol. The highest BCUT2D eigenvalue weighted by Crippen LogP contribution is 2.38. The number of ether oxygens (including phenoxy) is 1. The van der Waals surface area contributed by atoms with Gasteiger partial charge in [0, 0.05) is 35.7 Å². The van der Waals surface area contributed by atoms with Crippen LogP contribution in [0.4, 0.5) is 13.2 Å². The van der Waals surface area contributed by atoms with Crippen molar-refractivity contribution in [3.8, 4) is 17.0 Å². The fourth-order valence-electron chi connectivity index (χ4n) is 4.52. The highest BCUT2D eigenvalue weighted by Gasteiger charge is 2.42. The highest BCUT2D eigenvalue weighted by atomic mass is 19.4. The molecule has 1 aromatic carbocycles. The number of aromatic nitrogens is 1. The minimum absolute atomic E-state index is 0.0639. The summed E-state index contributed by atoms with van der Waals surface area (Å²) in [5.41, 5.74) is 2.30. The standard InChI is InChI=1S/C22H23F3N2O2/c1-13-20(27-19-5-3-2-4-17(19)21(13)28)15-8-11-18(26-12-15)14-6-9-16(10-7-14)29-22(23,24)25/h6-13,17,19-20,27H,2-5H2,1H3. The number of nitrogens with zero attached hydrogens (tertiary/aromatic N) is 1. The van der Waals surface area contributed by atoms with E-state index in [1.54, 1.807) is 18.3 Å². The number of hydrogen-bond acceptors (Lipinski definition) is 4. The number of carbonyl (C=O) groups excluding carboxylic acids is 1. The van der Waals surface area contributed by atoms with Gasteiger partial charge in [0.2, 0.25) is 0 Å². The Bertz CT molecular complexity index is 865. The summed E-state index contributed by atoms with van der Waals surface area (Å²) in [7, 11) is 0. The van der Waals surface area contributed by atoms with E-state index < -0.39 is 6.36 Å². The van der Waals surface area contributed by atoms with E-state index >= 15 is 0 Å². The van der Waals surface area contributed by atoms with Gasteiger partial charge in [0.15, 0.2) is 0 Å². The Kier molecular flexibility index (Phi) is 5.34. The number of fused-ring (bicyclic) bond motifs is 1. The lowest BCUT2D eigenvalue weighted by atomic mass is 9.72. The first kappa shape index (κ1) is 19.9. The molecule has 2 fully saturated rings. The molecule has 1 aliphatic heterocycles. The molecule has 1 saturated carbocycles. The highest BCUT2D eigenvalue weighted by molar-refractivity contribution is 5.85. The maximum absolute atomic E-state index is 12.8. The molecular formula is C22H23F3N2O2. The van der Waals surface area contributed by atoms with Crippen molar-refractivity contribution in [3.63, 3.8) is 0 Å². The molecule has 4 atom stereocenters. The van der Waals surface area contributed by atoms with Crippen molar-refractivity contribution in [1.29, 1.82) is 0 Å². The van der Waals surface area contributed by atoms with Crippen LogP contribution in [0, 0.1) is 11.8 Å². The maximum Gasteiger partial charge on any atom is 0.573 e. The minimum Gasteiger partial charge on any atom is -0.406 e. The molecule has 2 heterocycles. The Hall–Kier alpha value is -2.41. The molecule has 2 aromatic rings. The molecular weight excluding hydrogens is 381 g/mol. The number of piperidine rings is 1. The first-order valence-electron chi connectivity index (χ1n) is 9.94. The third-order valence-corrected chi connectivity index (χ3v) is 6.00. The van der Waals surface area contributed by atoms with Gasteiger partial charge in [0.1, 0.15) is 11.5 Å². The van der Waals surface area contributed by atoms with Gasteiger partial charge in [-0.2, -0.15) is 0 Å². The van der Waals surface area contributed by atoms with Gasteiger partial charge < -0.3 is 10.1 Å². The molecule has 2 aliphatic rings. The van der Waals surface area contributed by atoms with E-state index in [0.29, 0.717) is 17.0 Å². The zero-order valence-electron chi connectivity index (χ0n) is 16.1. The van der Waals surface area contributed by atoms with E-state index in [4.69, 9.17) is 0 Å². The Balaban J connectivity index is 1.49. The number of pyridine rings is 1. The second kappa shape index (κ2) is 7.78. The molecule has 29 heavy (non-hydrogen) atoms. The second-order valence-electron chi connectivity index (χ2n) is 7.88. The van der Waals surface area contributed by atoms with Gasteiger partial charge in [-0.1, -0.05) is 25.8 Å². The number of ketones is 1. The quantitative estimate of drug-likeness (QED) is 0.777. The summed E-state index contributed by atoms with van der Waals surface area (Å²) in [5, 5.41) is 3.66. The van der Waals surface area contributed by atoms with Crippen LogP contribution in [0.2, 0.25) is 0 Å². The van der Waals surface area contributed by atoms with Crippen molar-refractivity contribution in [2.24, 2.45) is 11.8 Å². The van der Waals surface area contributed by atoms with Crippen LogP contribution in [0.5, 0.6) is 5.75 Å². The van der Waals surface area contributed by atoms with Crippen LogP contribution in [0.1, 0.15) is 44.2 Å². The lowest BCUT2D eigenvalue weighted by Gasteiger charge is -2.42. The Labute approximate surface area is 167 Å². The summed E-state index contributed by atoms with van der Waals surface area (Å²) in [6.07, 6.45) is 1.30. The van der Waals surface area contributed by atoms with Crippen LogP contribution < -0.4 is 10.1 Å². The number of alkyl halides is 3. The van der Waals surface area contributed by atoms with E-state index in [1.807, 2.05) is 19.1 Å². The first-order valence-corrected chi connectivity index (χ1v) is 9.94. The van der Waals surface area contributed by atoms with Crippen LogP contribution in [0.25, 0.3) is 11.3 Å². The molecule has 0 bridgehead atoms. The molecule has 4 rings (SSSR count). The molecule has 4 nitrogen and oxygen atoms in total. The van der Waals surface area contributed by atoms with Crippen molar-refractivity contribution >= 4 is 5.78 Å². The molecule has 154 valence electrons. The number of carbonyl (C=O) groups is 1. The number of rotatable bonds is 3. The second-order valence-corrected chi connectivity index (χ2v) is 7.88. The number of nitrogens with one attached hydrogen (secondary N) is 1. The smallest absolute Gasteiger partial charge is 0.406 e. The first-order chi connectivity index (χ1) is 13.8. The number of Topliss-reactive ketones (excluding diaryl/α,β-unsaturated/α-hetero) is 1. The molecule has 4 unspecified atom stereocenters. The van der Waals surface area contributed by atoms with E-state index in [2.05, 4.69) is 15.0 Å². The van der Waals surface area contributed by atoms with E-state index in [1.165, 1.54) is 12.1 Å². The van der Waals surface area contributed by atoms with Crippen molar-refractivity contribution < 1.29 is 22.7 Å². The van der Waals surface area contributed by atoms with E-state index in [9.17, 15) is 18.0 Å². The summed E-state index contributed by atoms with van der Waals surface area (Å²) >= 11 is 0. The largest absolute Gasteiger partial charge is 0.573 e. The van der Waals surface area contributed by atoms with Crippen molar-refractivity contribution in [1.82, 2.24) is 10.3 Å². The third kappa shape index (κ3) is 4.29. The number of benzene rings is 1. The van der Waals surface area contributed by atoms with Gasteiger partial charge in [-0.05, 0) is 48.7 Å². The average Bonchev–Trinajstić information content (AvgIpc) is 2.70. The van der Waals surface area contributed by atoms with Crippen LogP contribution in [-0.2, 0) is 4.79 Å². The summed E-state index contributed by atoms with van der Waals surface area (Å²) in [6.45, 7) is 1.97.